The highest BCUT2D eigenvalue weighted by atomic mass is 32.2. The van der Waals surface area contributed by atoms with E-state index >= 15 is 0 Å². The molecule has 0 aliphatic carbocycles. The lowest BCUT2D eigenvalue weighted by Gasteiger charge is -2.15. The van der Waals surface area contributed by atoms with Crippen LogP contribution in [0.2, 0.25) is 0 Å². The van der Waals surface area contributed by atoms with Crippen LogP contribution < -0.4 is 9.46 Å². The lowest BCUT2D eigenvalue weighted by atomic mass is 10.2. The Morgan fingerprint density at radius 3 is 2.56 bits per heavy atom. The number of para-hydroxylation sites is 1. The molecule has 1 aromatic carbocycles. The molecular weight excluding hydrogens is 366 g/mol. The number of amides is 1. The molecule has 8 heteroatoms. The molecule has 0 unspecified atom stereocenters. The van der Waals surface area contributed by atoms with Gasteiger partial charge in [-0.3, -0.25) is 4.79 Å². The van der Waals surface area contributed by atoms with E-state index in [0.29, 0.717) is 17.1 Å². The van der Waals surface area contributed by atoms with E-state index in [1.165, 1.54) is 6.07 Å². The summed E-state index contributed by atoms with van der Waals surface area (Å²) >= 11 is 0. The number of nitrogens with one attached hydrogen (secondary N) is 1. The van der Waals surface area contributed by atoms with E-state index in [-0.39, 0.29) is 17.3 Å². The van der Waals surface area contributed by atoms with E-state index in [1.54, 1.807) is 36.6 Å². The van der Waals surface area contributed by atoms with Gasteiger partial charge >= 0.3 is 0 Å². The molecule has 0 spiro atoms. The zero-order valence-electron chi connectivity index (χ0n) is 15.9. The molecule has 1 aliphatic heterocycles. The summed E-state index contributed by atoms with van der Waals surface area (Å²) in [6, 6.07) is 8.72. The number of benzene rings is 1. The first-order chi connectivity index (χ1) is 12.8. The average molecular weight is 391 g/mol. The van der Waals surface area contributed by atoms with Crippen molar-refractivity contribution >= 4 is 15.9 Å². The monoisotopic (exact) mass is 391 g/mol. The van der Waals surface area contributed by atoms with E-state index in [0.717, 1.165) is 31.5 Å². The van der Waals surface area contributed by atoms with Gasteiger partial charge in [0.2, 0.25) is 10.0 Å². The summed E-state index contributed by atoms with van der Waals surface area (Å²) in [5.41, 5.74) is 1.67. The van der Waals surface area contributed by atoms with E-state index < -0.39 is 10.0 Å². The second-order valence-electron chi connectivity index (χ2n) is 6.67. The molecule has 27 heavy (non-hydrogen) atoms. The molecule has 1 saturated heterocycles. The second kappa shape index (κ2) is 7.74. The summed E-state index contributed by atoms with van der Waals surface area (Å²) in [7, 11) is -0.503. The maximum atomic E-state index is 12.8. The number of carbonyl (C=O) groups excluding carboxylic acids is 1. The Bertz CT molecular complexity index is 944. The van der Waals surface area contributed by atoms with Crippen molar-refractivity contribution < 1.29 is 17.9 Å². The summed E-state index contributed by atoms with van der Waals surface area (Å²) in [5.74, 6) is 0.499. The third-order valence-electron chi connectivity index (χ3n) is 5.04. The van der Waals surface area contributed by atoms with Gasteiger partial charge in [0.15, 0.2) is 0 Å². The lowest BCUT2D eigenvalue weighted by Crippen LogP contribution is -2.29. The first kappa shape index (κ1) is 19.4. The van der Waals surface area contributed by atoms with Crippen molar-refractivity contribution in [2.75, 3.05) is 20.2 Å². The van der Waals surface area contributed by atoms with Crippen LogP contribution in [0, 0.1) is 6.92 Å². The van der Waals surface area contributed by atoms with Crippen LogP contribution in [-0.4, -0.2) is 44.0 Å². The molecular formula is C19H25N3O4S. The van der Waals surface area contributed by atoms with Crippen molar-refractivity contribution in [2.45, 2.75) is 31.2 Å². The molecule has 0 bridgehead atoms. The molecule has 146 valence electrons. The van der Waals surface area contributed by atoms with Gasteiger partial charge in [0.1, 0.15) is 16.3 Å². The summed E-state index contributed by atoms with van der Waals surface area (Å²) in [4.78, 5) is 14.6. The maximum absolute atomic E-state index is 12.8. The number of hydrogen-bond donors (Lipinski definition) is 1. The summed E-state index contributed by atoms with van der Waals surface area (Å²) < 4.78 is 35.2. The van der Waals surface area contributed by atoms with Crippen molar-refractivity contribution in [1.82, 2.24) is 14.2 Å². The van der Waals surface area contributed by atoms with Gasteiger partial charge in [-0.15, -0.1) is 0 Å². The number of methoxy groups -OCH3 is 1. The normalized spacial score (nSPS) is 14.6. The topological polar surface area (TPSA) is 80.6 Å². The molecule has 0 saturated carbocycles. The van der Waals surface area contributed by atoms with E-state index in [1.807, 2.05) is 18.2 Å². The van der Waals surface area contributed by atoms with Gasteiger partial charge in [-0.25, -0.2) is 13.1 Å². The highest BCUT2D eigenvalue weighted by molar-refractivity contribution is 7.89. The fraction of sp³-hybridized carbons (Fsp3) is 0.421. The minimum atomic E-state index is -3.77. The largest absolute Gasteiger partial charge is 0.496 e. The predicted molar refractivity (Wildman–Crippen MR) is 102 cm³/mol. The zero-order valence-corrected chi connectivity index (χ0v) is 16.7. The van der Waals surface area contributed by atoms with Crippen LogP contribution in [0.5, 0.6) is 5.75 Å². The molecule has 1 amide bonds. The second-order valence-corrected chi connectivity index (χ2v) is 8.41. The standard InChI is InChI=1S/C19H25N3O4S/c1-14-18(12-16(21(14)2)19(23)22-10-6-7-11-22)27(24,25)20-13-15-8-4-5-9-17(15)26-3/h4-5,8-9,12,20H,6-7,10-11,13H2,1-3H3. The van der Waals surface area contributed by atoms with Crippen LogP contribution in [-0.2, 0) is 23.6 Å². The zero-order chi connectivity index (χ0) is 19.6. The van der Waals surface area contributed by atoms with E-state index in [9.17, 15) is 13.2 Å². The predicted octanol–water partition coefficient (Wildman–Crippen LogP) is 2.06. The molecule has 0 radical (unpaired) electrons. The van der Waals surface area contributed by atoms with Crippen LogP contribution in [0.15, 0.2) is 35.2 Å². The van der Waals surface area contributed by atoms with Crippen LogP contribution in [0.4, 0.5) is 0 Å². The number of nitrogens with zero attached hydrogens (tertiary/aromatic N) is 2. The number of sulfonamides is 1. The van der Waals surface area contributed by atoms with Gasteiger partial charge in [-0.05, 0) is 31.9 Å². The van der Waals surface area contributed by atoms with Crippen LogP contribution >= 0.6 is 0 Å². The molecule has 1 N–H and O–H groups in total. The summed E-state index contributed by atoms with van der Waals surface area (Å²) in [6.45, 7) is 3.25. The molecule has 1 aliphatic rings. The minimum Gasteiger partial charge on any atom is -0.496 e. The fourth-order valence-electron chi connectivity index (χ4n) is 3.33. The first-order valence-corrected chi connectivity index (χ1v) is 10.4. The van der Waals surface area contributed by atoms with E-state index in [2.05, 4.69) is 4.72 Å². The van der Waals surface area contributed by atoms with Gasteiger partial charge in [-0.1, -0.05) is 18.2 Å². The number of rotatable bonds is 6. The molecule has 3 rings (SSSR count). The van der Waals surface area contributed by atoms with Gasteiger partial charge in [-0.2, -0.15) is 0 Å². The quantitative estimate of drug-likeness (QED) is 0.817. The Hall–Kier alpha value is -2.32. The SMILES string of the molecule is COc1ccccc1CNS(=O)(=O)c1cc(C(=O)N2CCCC2)n(C)c1C. The Morgan fingerprint density at radius 2 is 1.89 bits per heavy atom. The molecule has 1 aromatic heterocycles. The smallest absolute Gasteiger partial charge is 0.270 e. The molecule has 2 aromatic rings. The Labute approximate surface area is 160 Å². The van der Waals surface area contributed by atoms with Crippen molar-refractivity contribution in [3.8, 4) is 5.75 Å². The molecule has 1 fully saturated rings. The van der Waals surface area contributed by atoms with Crippen molar-refractivity contribution in [3.63, 3.8) is 0 Å². The number of carbonyl (C=O) groups is 1. The lowest BCUT2D eigenvalue weighted by molar-refractivity contribution is 0.0783. The fourth-order valence-corrected chi connectivity index (χ4v) is 4.62. The van der Waals surface area contributed by atoms with Crippen molar-refractivity contribution in [2.24, 2.45) is 7.05 Å². The van der Waals surface area contributed by atoms with Crippen LogP contribution in [0.3, 0.4) is 0 Å². The third-order valence-corrected chi connectivity index (χ3v) is 6.55. The van der Waals surface area contributed by atoms with E-state index in [4.69, 9.17) is 4.74 Å². The van der Waals surface area contributed by atoms with Gasteiger partial charge < -0.3 is 14.2 Å². The average Bonchev–Trinajstić information content (AvgIpc) is 3.29. The van der Waals surface area contributed by atoms with Crippen LogP contribution in [0.1, 0.15) is 34.6 Å². The van der Waals surface area contributed by atoms with Gasteiger partial charge in [0.25, 0.3) is 5.91 Å². The highest BCUT2D eigenvalue weighted by Gasteiger charge is 2.27. The van der Waals surface area contributed by atoms with Crippen LogP contribution in [0.25, 0.3) is 0 Å². The number of ether oxygens (including phenoxy) is 1. The van der Waals surface area contributed by atoms with Gasteiger partial charge in [0.05, 0.1) is 7.11 Å². The van der Waals surface area contributed by atoms with Crippen molar-refractivity contribution in [3.05, 3.63) is 47.3 Å². The summed E-state index contributed by atoms with van der Waals surface area (Å²) in [6.07, 6.45) is 1.97. The molecule has 0 atom stereocenters. The van der Waals surface area contributed by atoms with Crippen molar-refractivity contribution in [1.29, 1.82) is 0 Å². The molecule has 7 nitrogen and oxygen atoms in total. The number of hydrogen-bond acceptors (Lipinski definition) is 4. The third kappa shape index (κ3) is 3.86. The first-order valence-electron chi connectivity index (χ1n) is 8.92. The highest BCUT2D eigenvalue weighted by Crippen LogP contribution is 2.23. The maximum Gasteiger partial charge on any atom is 0.270 e. The summed E-state index contributed by atoms with van der Waals surface area (Å²) in [5, 5.41) is 0. The Morgan fingerprint density at radius 1 is 1.22 bits per heavy atom. The minimum absolute atomic E-state index is 0.107. The Balaban J connectivity index is 1.84. The Kier molecular flexibility index (Phi) is 5.57. The van der Waals surface area contributed by atoms with Gasteiger partial charge in [0, 0.05) is 37.9 Å². The molecule has 2 heterocycles. The number of likely N-dealkylation sites (tertiary alicyclic amines) is 1. The number of aromatic nitrogens is 1.